The lowest BCUT2D eigenvalue weighted by molar-refractivity contribution is -0.141. The van der Waals surface area contributed by atoms with Gasteiger partial charge < -0.3 is 10.6 Å². The predicted molar refractivity (Wildman–Crippen MR) is 64.5 cm³/mol. The molecule has 104 valence electrons. The molecule has 0 aromatic carbocycles. The molecular formula is C12H15F3N4. The molecule has 1 heterocycles. The highest BCUT2D eigenvalue weighted by atomic mass is 19.4. The van der Waals surface area contributed by atoms with Gasteiger partial charge in [0.2, 0.25) is 5.95 Å². The lowest BCUT2D eigenvalue weighted by Crippen LogP contribution is -2.30. The van der Waals surface area contributed by atoms with Gasteiger partial charge in [0.25, 0.3) is 0 Å². The van der Waals surface area contributed by atoms with Gasteiger partial charge in [-0.25, -0.2) is 4.98 Å². The van der Waals surface area contributed by atoms with Crippen LogP contribution in [0.5, 0.6) is 0 Å². The van der Waals surface area contributed by atoms with E-state index in [1.165, 1.54) is 0 Å². The van der Waals surface area contributed by atoms with E-state index in [1.807, 2.05) is 4.90 Å². The highest BCUT2D eigenvalue weighted by Crippen LogP contribution is 2.38. The molecule has 19 heavy (non-hydrogen) atoms. The van der Waals surface area contributed by atoms with E-state index in [1.54, 1.807) is 0 Å². The summed E-state index contributed by atoms with van der Waals surface area (Å²) in [7, 11) is 0. The van der Waals surface area contributed by atoms with Crippen molar-refractivity contribution in [3.05, 3.63) is 11.8 Å². The summed E-state index contributed by atoms with van der Waals surface area (Å²) in [5.41, 5.74) is 4.45. The van der Waals surface area contributed by atoms with Crippen LogP contribution < -0.4 is 10.6 Å². The summed E-state index contributed by atoms with van der Waals surface area (Å²) in [4.78, 5) is 9.22. The van der Waals surface area contributed by atoms with Crippen molar-refractivity contribution in [3.63, 3.8) is 0 Å². The van der Waals surface area contributed by atoms with Crippen molar-refractivity contribution in [1.82, 2.24) is 9.97 Å². The van der Waals surface area contributed by atoms with Crippen LogP contribution in [-0.2, 0) is 6.18 Å². The Morgan fingerprint density at radius 2 is 1.89 bits per heavy atom. The largest absolute Gasteiger partial charge is 0.433 e. The zero-order valence-corrected chi connectivity index (χ0v) is 10.3. The molecule has 4 nitrogen and oxygen atoms in total. The van der Waals surface area contributed by atoms with Crippen molar-refractivity contribution in [2.45, 2.75) is 37.9 Å². The first-order valence-corrected chi connectivity index (χ1v) is 6.42. The average Bonchev–Trinajstić information content (AvgIpc) is 3.17. The Morgan fingerprint density at radius 3 is 2.42 bits per heavy atom. The van der Waals surface area contributed by atoms with Gasteiger partial charge in [-0.2, -0.15) is 18.2 Å². The number of halogens is 3. The van der Waals surface area contributed by atoms with Crippen LogP contribution in [0.2, 0.25) is 0 Å². The molecule has 0 unspecified atom stereocenters. The Bertz CT molecular complexity index is 480. The standard InChI is InChI=1S/C12H15F3N4/c13-12(14,15)9-5-10(18-11(16)17-9)19(8-3-4-8)6-7-1-2-7/h5,7-8H,1-4,6H2,(H2,16,17,18). The molecule has 0 spiro atoms. The number of anilines is 2. The summed E-state index contributed by atoms with van der Waals surface area (Å²) in [6.07, 6.45) is -0.164. The topological polar surface area (TPSA) is 55.0 Å². The third-order valence-electron chi connectivity index (χ3n) is 3.45. The van der Waals surface area contributed by atoms with Crippen molar-refractivity contribution in [2.24, 2.45) is 5.92 Å². The van der Waals surface area contributed by atoms with E-state index in [9.17, 15) is 13.2 Å². The van der Waals surface area contributed by atoms with Crippen LogP contribution in [0.1, 0.15) is 31.4 Å². The third-order valence-corrected chi connectivity index (χ3v) is 3.45. The lowest BCUT2D eigenvalue weighted by atomic mass is 10.3. The average molecular weight is 272 g/mol. The van der Waals surface area contributed by atoms with E-state index in [4.69, 9.17) is 5.73 Å². The van der Waals surface area contributed by atoms with Gasteiger partial charge in [0.1, 0.15) is 5.82 Å². The van der Waals surface area contributed by atoms with Crippen LogP contribution in [-0.4, -0.2) is 22.6 Å². The fourth-order valence-corrected chi connectivity index (χ4v) is 2.14. The van der Waals surface area contributed by atoms with Gasteiger partial charge in [-0.1, -0.05) is 0 Å². The fraction of sp³-hybridized carbons (Fsp3) is 0.667. The van der Waals surface area contributed by atoms with E-state index >= 15 is 0 Å². The normalized spacial score (nSPS) is 19.5. The molecular weight excluding hydrogens is 257 g/mol. The predicted octanol–water partition coefficient (Wildman–Crippen LogP) is 2.46. The van der Waals surface area contributed by atoms with E-state index < -0.39 is 11.9 Å². The SMILES string of the molecule is Nc1nc(N(CC2CC2)C2CC2)cc(C(F)(F)F)n1. The summed E-state index contributed by atoms with van der Waals surface area (Å²) < 4.78 is 38.2. The second-order valence-corrected chi connectivity index (χ2v) is 5.29. The van der Waals surface area contributed by atoms with Gasteiger partial charge in [-0.15, -0.1) is 0 Å². The molecule has 2 fully saturated rings. The fourth-order valence-electron chi connectivity index (χ4n) is 2.14. The first kappa shape index (κ1) is 12.5. The van der Waals surface area contributed by atoms with Crippen LogP contribution in [0.25, 0.3) is 0 Å². The van der Waals surface area contributed by atoms with Gasteiger partial charge in [-0.05, 0) is 31.6 Å². The van der Waals surface area contributed by atoms with Crippen LogP contribution >= 0.6 is 0 Å². The quantitative estimate of drug-likeness (QED) is 0.914. The summed E-state index contributed by atoms with van der Waals surface area (Å²) in [5.74, 6) is 0.589. The summed E-state index contributed by atoms with van der Waals surface area (Å²) in [5, 5.41) is 0. The van der Waals surface area contributed by atoms with E-state index in [-0.39, 0.29) is 5.95 Å². The molecule has 0 saturated heterocycles. The molecule has 1 aromatic rings. The molecule has 2 aliphatic rings. The number of hydrogen-bond donors (Lipinski definition) is 1. The Balaban J connectivity index is 1.90. The zero-order valence-electron chi connectivity index (χ0n) is 10.3. The van der Waals surface area contributed by atoms with Crippen LogP contribution in [0.4, 0.5) is 24.9 Å². The number of nitrogens with zero attached hydrogens (tertiary/aromatic N) is 3. The smallest absolute Gasteiger partial charge is 0.368 e. The Kier molecular flexibility index (Phi) is 2.79. The summed E-state index contributed by atoms with van der Waals surface area (Å²) in [6.45, 7) is 0.776. The number of nitrogens with two attached hydrogens (primary N) is 1. The number of alkyl halides is 3. The van der Waals surface area contributed by atoms with Gasteiger partial charge in [0.05, 0.1) is 0 Å². The van der Waals surface area contributed by atoms with Gasteiger partial charge in [0.15, 0.2) is 5.69 Å². The van der Waals surface area contributed by atoms with Crippen molar-refractivity contribution < 1.29 is 13.2 Å². The molecule has 0 aliphatic heterocycles. The molecule has 2 saturated carbocycles. The first-order valence-electron chi connectivity index (χ1n) is 6.42. The second-order valence-electron chi connectivity index (χ2n) is 5.29. The van der Waals surface area contributed by atoms with E-state index in [0.29, 0.717) is 17.8 Å². The zero-order chi connectivity index (χ0) is 13.6. The molecule has 3 rings (SSSR count). The lowest BCUT2D eigenvalue weighted by Gasteiger charge is -2.24. The Hall–Kier alpha value is -1.53. The molecule has 0 atom stereocenters. The second kappa shape index (κ2) is 4.25. The maximum atomic E-state index is 12.7. The highest BCUT2D eigenvalue weighted by Gasteiger charge is 2.37. The first-order chi connectivity index (χ1) is 8.93. The van der Waals surface area contributed by atoms with E-state index in [2.05, 4.69) is 9.97 Å². The molecule has 2 aliphatic carbocycles. The summed E-state index contributed by atoms with van der Waals surface area (Å²) >= 11 is 0. The number of nitrogen functional groups attached to an aromatic ring is 1. The minimum absolute atomic E-state index is 0.314. The highest BCUT2D eigenvalue weighted by molar-refractivity contribution is 5.46. The molecule has 2 N–H and O–H groups in total. The van der Waals surface area contributed by atoms with Crippen molar-refractivity contribution >= 4 is 11.8 Å². The third kappa shape index (κ3) is 2.90. The van der Waals surface area contributed by atoms with Crippen molar-refractivity contribution in [1.29, 1.82) is 0 Å². The summed E-state index contributed by atoms with van der Waals surface area (Å²) in [6, 6.07) is 1.33. The minimum Gasteiger partial charge on any atom is -0.368 e. The molecule has 0 amide bonds. The molecule has 0 radical (unpaired) electrons. The maximum absolute atomic E-state index is 12.7. The van der Waals surface area contributed by atoms with Gasteiger partial charge >= 0.3 is 6.18 Å². The van der Waals surface area contributed by atoms with Crippen molar-refractivity contribution in [3.8, 4) is 0 Å². The molecule has 1 aromatic heterocycles. The number of hydrogen-bond acceptors (Lipinski definition) is 4. The van der Waals surface area contributed by atoms with Crippen LogP contribution in [0.15, 0.2) is 6.07 Å². The number of aromatic nitrogens is 2. The van der Waals surface area contributed by atoms with Gasteiger partial charge in [-0.3, -0.25) is 0 Å². The molecule has 0 bridgehead atoms. The molecule has 7 heteroatoms. The monoisotopic (exact) mass is 272 g/mol. The van der Waals surface area contributed by atoms with Crippen LogP contribution in [0.3, 0.4) is 0 Å². The van der Waals surface area contributed by atoms with Crippen LogP contribution in [0, 0.1) is 5.92 Å². The van der Waals surface area contributed by atoms with E-state index in [0.717, 1.165) is 38.3 Å². The Labute approximate surface area is 108 Å². The maximum Gasteiger partial charge on any atom is 0.433 e. The van der Waals surface area contributed by atoms with Crippen molar-refractivity contribution in [2.75, 3.05) is 17.2 Å². The van der Waals surface area contributed by atoms with Gasteiger partial charge in [0, 0.05) is 18.7 Å². The number of rotatable bonds is 4. The minimum atomic E-state index is -4.49. The Morgan fingerprint density at radius 1 is 1.21 bits per heavy atom.